The number of anilines is 1. The number of carbonyl (C=O) groups excluding carboxylic acids is 1. The van der Waals surface area contributed by atoms with Gasteiger partial charge in [-0.25, -0.2) is 0 Å². The number of rotatable bonds is 6. The van der Waals surface area contributed by atoms with E-state index in [-0.39, 0.29) is 11.5 Å². The van der Waals surface area contributed by atoms with E-state index in [2.05, 4.69) is 25.2 Å². The van der Waals surface area contributed by atoms with Gasteiger partial charge < -0.3 is 10.2 Å². The standard InChI is InChI=1S/C21H29N3O/c1-4-16-10-9-11-17(5-2)20(16)23-21(25)18(14-22)15-24(3)19-12-7-6-8-13-19/h9-11,15,19H,4-8,12-13H2,1-3H3,(H,23,25)/b18-15-. The lowest BCUT2D eigenvalue weighted by Crippen LogP contribution is -2.30. The van der Waals surface area contributed by atoms with Crippen molar-refractivity contribution in [2.75, 3.05) is 12.4 Å². The Morgan fingerprint density at radius 1 is 1.24 bits per heavy atom. The predicted molar refractivity (Wildman–Crippen MR) is 102 cm³/mol. The van der Waals surface area contributed by atoms with Gasteiger partial charge in [0.25, 0.3) is 5.91 Å². The summed E-state index contributed by atoms with van der Waals surface area (Å²) in [5.41, 5.74) is 3.23. The predicted octanol–water partition coefficient (Wildman–Crippen LogP) is 4.42. The van der Waals surface area contributed by atoms with Crippen LogP contribution in [-0.4, -0.2) is 23.9 Å². The van der Waals surface area contributed by atoms with Crippen LogP contribution < -0.4 is 5.32 Å². The first-order chi connectivity index (χ1) is 12.1. The molecule has 1 aliphatic rings. The summed E-state index contributed by atoms with van der Waals surface area (Å²) in [6.07, 6.45) is 9.39. The normalized spacial score (nSPS) is 15.5. The van der Waals surface area contributed by atoms with E-state index in [1.807, 2.05) is 30.1 Å². The Hall–Kier alpha value is -2.28. The third-order valence-electron chi connectivity index (χ3n) is 5.09. The van der Waals surface area contributed by atoms with E-state index in [1.54, 1.807) is 6.20 Å². The van der Waals surface area contributed by atoms with Gasteiger partial charge in [0.05, 0.1) is 0 Å². The van der Waals surface area contributed by atoms with Crippen LogP contribution in [0.4, 0.5) is 5.69 Å². The molecule has 0 unspecified atom stereocenters. The molecule has 134 valence electrons. The zero-order valence-electron chi connectivity index (χ0n) is 15.6. The fraction of sp³-hybridized carbons (Fsp3) is 0.524. The Morgan fingerprint density at radius 3 is 2.36 bits per heavy atom. The van der Waals surface area contributed by atoms with Crippen LogP contribution in [0.15, 0.2) is 30.0 Å². The summed E-state index contributed by atoms with van der Waals surface area (Å²) in [7, 11) is 1.97. The second kappa shape index (κ2) is 9.27. The van der Waals surface area contributed by atoms with Gasteiger partial charge >= 0.3 is 0 Å². The number of amides is 1. The highest BCUT2D eigenvalue weighted by molar-refractivity contribution is 6.07. The van der Waals surface area contributed by atoms with Crippen molar-refractivity contribution in [1.29, 1.82) is 5.26 Å². The highest BCUT2D eigenvalue weighted by atomic mass is 16.1. The van der Waals surface area contributed by atoms with Crippen molar-refractivity contribution in [2.24, 2.45) is 0 Å². The molecule has 0 aromatic heterocycles. The SMILES string of the molecule is CCc1cccc(CC)c1NC(=O)/C(C#N)=C\N(C)C1CCCCC1. The molecule has 1 aliphatic carbocycles. The average molecular weight is 339 g/mol. The lowest BCUT2D eigenvalue weighted by atomic mass is 9.94. The fourth-order valence-electron chi connectivity index (χ4n) is 3.52. The van der Waals surface area contributed by atoms with Crippen LogP contribution in [0.25, 0.3) is 0 Å². The van der Waals surface area contributed by atoms with Gasteiger partial charge in [0.15, 0.2) is 0 Å². The molecule has 0 heterocycles. The van der Waals surface area contributed by atoms with Gasteiger partial charge in [-0.1, -0.05) is 51.3 Å². The molecule has 4 nitrogen and oxygen atoms in total. The molecule has 1 amide bonds. The molecule has 1 aromatic rings. The summed E-state index contributed by atoms with van der Waals surface area (Å²) in [6.45, 7) is 4.14. The summed E-state index contributed by atoms with van der Waals surface area (Å²) in [5.74, 6) is -0.319. The average Bonchev–Trinajstić information content (AvgIpc) is 2.66. The molecule has 0 radical (unpaired) electrons. The molecule has 25 heavy (non-hydrogen) atoms. The number of aryl methyl sites for hydroxylation is 2. The molecule has 1 N–H and O–H groups in total. The van der Waals surface area contributed by atoms with E-state index in [9.17, 15) is 10.1 Å². The van der Waals surface area contributed by atoms with Crippen LogP contribution in [0.5, 0.6) is 0 Å². The van der Waals surface area contributed by atoms with E-state index in [4.69, 9.17) is 0 Å². The summed E-state index contributed by atoms with van der Waals surface area (Å²) < 4.78 is 0. The van der Waals surface area contributed by atoms with Crippen LogP contribution in [0.3, 0.4) is 0 Å². The van der Waals surface area contributed by atoms with Crippen molar-refractivity contribution in [3.05, 3.63) is 41.1 Å². The lowest BCUT2D eigenvalue weighted by molar-refractivity contribution is -0.112. The number of hydrogen-bond donors (Lipinski definition) is 1. The number of nitrogens with zero attached hydrogens (tertiary/aromatic N) is 2. The number of nitrogens with one attached hydrogen (secondary N) is 1. The Balaban J connectivity index is 2.18. The number of para-hydroxylation sites is 1. The van der Waals surface area contributed by atoms with Crippen LogP contribution in [-0.2, 0) is 17.6 Å². The molecule has 1 saturated carbocycles. The smallest absolute Gasteiger partial charge is 0.267 e. The number of hydrogen-bond acceptors (Lipinski definition) is 3. The Kier molecular flexibility index (Phi) is 7.06. The minimum absolute atomic E-state index is 0.168. The van der Waals surface area contributed by atoms with Gasteiger partial charge in [-0.2, -0.15) is 5.26 Å². The minimum atomic E-state index is -0.319. The summed E-state index contributed by atoms with van der Waals surface area (Å²) in [4.78, 5) is 14.7. The molecule has 0 bridgehead atoms. The number of carbonyl (C=O) groups is 1. The van der Waals surface area contributed by atoms with E-state index in [1.165, 1.54) is 19.3 Å². The first-order valence-corrected chi connectivity index (χ1v) is 9.36. The minimum Gasteiger partial charge on any atom is -0.376 e. The van der Waals surface area contributed by atoms with E-state index in [0.29, 0.717) is 6.04 Å². The molecule has 0 spiro atoms. The molecule has 0 saturated heterocycles. The lowest BCUT2D eigenvalue weighted by Gasteiger charge is -2.30. The highest BCUT2D eigenvalue weighted by Gasteiger charge is 2.19. The van der Waals surface area contributed by atoms with Gasteiger partial charge in [0.1, 0.15) is 11.6 Å². The summed E-state index contributed by atoms with van der Waals surface area (Å²) >= 11 is 0. The Bertz CT molecular complexity index is 644. The zero-order valence-corrected chi connectivity index (χ0v) is 15.6. The first-order valence-electron chi connectivity index (χ1n) is 9.36. The van der Waals surface area contributed by atoms with Crippen LogP contribution in [0.1, 0.15) is 57.1 Å². The molecule has 1 aromatic carbocycles. The summed E-state index contributed by atoms with van der Waals surface area (Å²) in [5, 5.41) is 12.5. The maximum absolute atomic E-state index is 12.7. The van der Waals surface area contributed by atoms with Gasteiger partial charge in [-0.05, 0) is 36.8 Å². The third-order valence-corrected chi connectivity index (χ3v) is 5.09. The quantitative estimate of drug-likeness (QED) is 0.616. The molecule has 0 atom stereocenters. The monoisotopic (exact) mass is 339 g/mol. The van der Waals surface area contributed by atoms with E-state index < -0.39 is 0 Å². The number of benzene rings is 1. The van der Waals surface area contributed by atoms with Crippen molar-refractivity contribution in [2.45, 2.75) is 64.8 Å². The van der Waals surface area contributed by atoms with Crippen molar-refractivity contribution < 1.29 is 4.79 Å². The summed E-state index contributed by atoms with van der Waals surface area (Å²) in [6, 6.07) is 8.58. The number of nitriles is 1. The van der Waals surface area contributed by atoms with Crippen LogP contribution in [0.2, 0.25) is 0 Å². The van der Waals surface area contributed by atoms with Gasteiger partial charge in [0.2, 0.25) is 0 Å². The van der Waals surface area contributed by atoms with Crippen molar-refractivity contribution >= 4 is 11.6 Å². The zero-order chi connectivity index (χ0) is 18.2. The molecule has 0 aliphatic heterocycles. The fourth-order valence-corrected chi connectivity index (χ4v) is 3.52. The molecular weight excluding hydrogens is 310 g/mol. The topological polar surface area (TPSA) is 56.1 Å². The largest absolute Gasteiger partial charge is 0.376 e. The molecule has 4 heteroatoms. The third kappa shape index (κ3) is 4.85. The first kappa shape index (κ1) is 19.1. The second-order valence-electron chi connectivity index (χ2n) is 6.72. The second-order valence-corrected chi connectivity index (χ2v) is 6.72. The highest BCUT2D eigenvalue weighted by Crippen LogP contribution is 2.24. The van der Waals surface area contributed by atoms with Crippen LogP contribution in [0, 0.1) is 11.3 Å². The van der Waals surface area contributed by atoms with Gasteiger partial charge in [-0.15, -0.1) is 0 Å². The van der Waals surface area contributed by atoms with E-state index in [0.717, 1.165) is 42.5 Å². The Labute approximate surface area is 151 Å². The van der Waals surface area contributed by atoms with Crippen LogP contribution >= 0.6 is 0 Å². The van der Waals surface area contributed by atoms with Gasteiger partial charge in [0, 0.05) is 25.0 Å². The van der Waals surface area contributed by atoms with E-state index >= 15 is 0 Å². The molecule has 2 rings (SSSR count). The maximum Gasteiger partial charge on any atom is 0.267 e. The molecule has 1 fully saturated rings. The van der Waals surface area contributed by atoms with Crippen molar-refractivity contribution in [3.8, 4) is 6.07 Å². The maximum atomic E-state index is 12.7. The van der Waals surface area contributed by atoms with Crippen molar-refractivity contribution in [3.63, 3.8) is 0 Å². The molecular formula is C21H29N3O. The Morgan fingerprint density at radius 2 is 1.84 bits per heavy atom. The van der Waals surface area contributed by atoms with Crippen molar-refractivity contribution in [1.82, 2.24) is 4.90 Å². The van der Waals surface area contributed by atoms with Gasteiger partial charge in [-0.3, -0.25) is 4.79 Å².